The number of H-pyrrole nitrogens is 1. The maximum Gasteiger partial charge on any atom is 0.237 e. The van der Waals surface area contributed by atoms with Gasteiger partial charge in [0.1, 0.15) is 11.7 Å². The van der Waals surface area contributed by atoms with Gasteiger partial charge < -0.3 is 10.6 Å². The third kappa shape index (κ3) is 3.83. The number of hydrogen-bond acceptors (Lipinski definition) is 4. The Morgan fingerprint density at radius 2 is 1.96 bits per heavy atom. The number of aromatic nitrogens is 2. The van der Waals surface area contributed by atoms with Crippen LogP contribution in [0, 0.1) is 0 Å². The zero-order valence-corrected chi connectivity index (χ0v) is 15.3. The van der Waals surface area contributed by atoms with Crippen LogP contribution in [0.25, 0.3) is 0 Å². The SMILES string of the molecule is CC(=O)Nc1ccc(Cc2ccc3c(c2)C(C=Nc2ccn[nH]2)C(=O)N3)cc1. The number of nitrogens with zero attached hydrogens (tertiary/aromatic N) is 2. The van der Waals surface area contributed by atoms with Crippen molar-refractivity contribution in [1.29, 1.82) is 0 Å². The Bertz CT molecular complexity index is 1040. The average molecular weight is 373 g/mol. The number of carbonyl (C=O) groups excluding carboxylic acids is 2. The van der Waals surface area contributed by atoms with Gasteiger partial charge in [0, 0.05) is 30.6 Å². The second-order valence-corrected chi connectivity index (χ2v) is 6.66. The van der Waals surface area contributed by atoms with Crippen molar-refractivity contribution in [1.82, 2.24) is 10.2 Å². The van der Waals surface area contributed by atoms with E-state index in [1.807, 2.05) is 42.5 Å². The third-order valence-electron chi connectivity index (χ3n) is 4.52. The van der Waals surface area contributed by atoms with E-state index in [0.717, 1.165) is 34.5 Å². The van der Waals surface area contributed by atoms with Crippen LogP contribution in [0.4, 0.5) is 17.2 Å². The molecule has 1 aliphatic rings. The molecule has 0 spiro atoms. The molecule has 0 fully saturated rings. The van der Waals surface area contributed by atoms with E-state index in [9.17, 15) is 9.59 Å². The van der Waals surface area contributed by atoms with Crippen LogP contribution in [-0.4, -0.2) is 28.2 Å². The van der Waals surface area contributed by atoms with E-state index in [2.05, 4.69) is 25.8 Å². The number of rotatable bonds is 5. The number of aliphatic imine (C=N–C) groups is 1. The van der Waals surface area contributed by atoms with Crippen LogP contribution in [0.1, 0.15) is 29.5 Å². The van der Waals surface area contributed by atoms with E-state index in [-0.39, 0.29) is 11.8 Å². The minimum Gasteiger partial charge on any atom is -0.326 e. The first-order valence-corrected chi connectivity index (χ1v) is 8.92. The Hall–Kier alpha value is -3.74. The molecule has 2 amide bonds. The van der Waals surface area contributed by atoms with Gasteiger partial charge in [-0.3, -0.25) is 14.7 Å². The predicted molar refractivity (Wildman–Crippen MR) is 108 cm³/mol. The molecule has 2 heterocycles. The van der Waals surface area contributed by atoms with Gasteiger partial charge in [0.2, 0.25) is 11.8 Å². The molecule has 1 aliphatic heterocycles. The molecule has 7 heteroatoms. The van der Waals surface area contributed by atoms with E-state index in [1.165, 1.54) is 6.92 Å². The highest BCUT2D eigenvalue weighted by Gasteiger charge is 2.29. The lowest BCUT2D eigenvalue weighted by Gasteiger charge is -2.08. The van der Waals surface area contributed by atoms with Crippen molar-refractivity contribution in [2.24, 2.45) is 4.99 Å². The predicted octanol–water partition coefficient (Wildman–Crippen LogP) is 3.40. The summed E-state index contributed by atoms with van der Waals surface area (Å²) in [6.45, 7) is 1.49. The summed E-state index contributed by atoms with van der Waals surface area (Å²) < 4.78 is 0. The van der Waals surface area contributed by atoms with Crippen molar-refractivity contribution in [2.75, 3.05) is 10.6 Å². The molecule has 0 radical (unpaired) electrons. The summed E-state index contributed by atoms with van der Waals surface area (Å²) in [7, 11) is 0. The minimum absolute atomic E-state index is 0.0879. The molecule has 0 aliphatic carbocycles. The zero-order chi connectivity index (χ0) is 19.5. The smallest absolute Gasteiger partial charge is 0.237 e. The van der Waals surface area contributed by atoms with Crippen LogP contribution in [0.2, 0.25) is 0 Å². The Balaban J connectivity index is 1.53. The minimum atomic E-state index is -0.430. The summed E-state index contributed by atoms with van der Waals surface area (Å²) in [5.74, 6) is -0.00138. The fourth-order valence-corrected chi connectivity index (χ4v) is 3.21. The Morgan fingerprint density at radius 3 is 2.68 bits per heavy atom. The normalized spacial score (nSPS) is 15.5. The summed E-state index contributed by atoms with van der Waals surface area (Å²) in [6, 6.07) is 15.5. The maximum absolute atomic E-state index is 12.3. The standard InChI is InChI=1S/C21H19N5O2/c1-13(27)24-16-5-2-14(3-6-16)10-15-4-7-19-17(11-15)18(21(28)25-19)12-22-20-8-9-23-26-20/h2-9,11-12,18H,10H2,1H3,(H,23,26)(H,24,27)(H,25,28). The second-order valence-electron chi connectivity index (χ2n) is 6.66. The van der Waals surface area contributed by atoms with Gasteiger partial charge in [-0.05, 0) is 41.3 Å². The molecule has 3 N–H and O–H groups in total. The molecule has 28 heavy (non-hydrogen) atoms. The fraction of sp³-hybridized carbons (Fsp3) is 0.143. The van der Waals surface area contributed by atoms with E-state index < -0.39 is 5.92 Å². The lowest BCUT2D eigenvalue weighted by Crippen LogP contribution is -2.12. The quantitative estimate of drug-likeness (QED) is 0.598. The van der Waals surface area contributed by atoms with Crippen molar-refractivity contribution in [2.45, 2.75) is 19.3 Å². The maximum atomic E-state index is 12.3. The number of nitrogens with one attached hydrogen (secondary N) is 3. The average Bonchev–Trinajstić information content (AvgIpc) is 3.28. The Kier molecular flexibility index (Phi) is 4.72. The molecule has 4 rings (SSSR count). The largest absolute Gasteiger partial charge is 0.326 e. The molecule has 3 aromatic rings. The molecule has 1 atom stereocenters. The molecule has 0 saturated heterocycles. The van der Waals surface area contributed by atoms with Gasteiger partial charge in [0.15, 0.2) is 0 Å². The molecule has 1 aromatic heterocycles. The zero-order valence-electron chi connectivity index (χ0n) is 15.3. The van der Waals surface area contributed by atoms with E-state index in [1.54, 1.807) is 18.5 Å². The summed E-state index contributed by atoms with van der Waals surface area (Å²) in [5, 5.41) is 12.3. The number of carbonyl (C=O) groups is 2. The van der Waals surface area contributed by atoms with Crippen LogP contribution >= 0.6 is 0 Å². The molecule has 2 aromatic carbocycles. The summed E-state index contributed by atoms with van der Waals surface area (Å²) in [6.07, 6.45) is 3.98. The lowest BCUT2D eigenvalue weighted by molar-refractivity contribution is -0.116. The van der Waals surface area contributed by atoms with Crippen LogP contribution in [0.15, 0.2) is 59.7 Å². The van der Waals surface area contributed by atoms with Gasteiger partial charge in [-0.1, -0.05) is 24.3 Å². The number of hydrogen-bond donors (Lipinski definition) is 3. The summed E-state index contributed by atoms with van der Waals surface area (Å²) in [5.41, 5.74) is 4.73. The highest BCUT2D eigenvalue weighted by molar-refractivity contribution is 6.12. The molecular formula is C21H19N5O2. The molecule has 140 valence electrons. The number of fused-ring (bicyclic) bond motifs is 1. The van der Waals surface area contributed by atoms with Gasteiger partial charge in [0.25, 0.3) is 0 Å². The molecule has 7 nitrogen and oxygen atoms in total. The first-order chi connectivity index (χ1) is 13.6. The van der Waals surface area contributed by atoms with Crippen LogP contribution in [-0.2, 0) is 16.0 Å². The molecule has 1 unspecified atom stereocenters. The van der Waals surface area contributed by atoms with Crippen LogP contribution < -0.4 is 10.6 Å². The van der Waals surface area contributed by atoms with Crippen molar-refractivity contribution in [3.05, 3.63) is 71.4 Å². The Labute approximate surface area is 161 Å². The van der Waals surface area contributed by atoms with Crippen molar-refractivity contribution in [3.63, 3.8) is 0 Å². The number of anilines is 2. The number of amides is 2. The lowest BCUT2D eigenvalue weighted by atomic mass is 9.96. The summed E-state index contributed by atoms with van der Waals surface area (Å²) in [4.78, 5) is 27.8. The van der Waals surface area contributed by atoms with Gasteiger partial charge in [-0.25, -0.2) is 4.99 Å². The molecule has 0 saturated carbocycles. The van der Waals surface area contributed by atoms with E-state index in [0.29, 0.717) is 5.82 Å². The number of benzene rings is 2. The van der Waals surface area contributed by atoms with Gasteiger partial charge in [-0.15, -0.1) is 0 Å². The third-order valence-corrected chi connectivity index (χ3v) is 4.52. The summed E-state index contributed by atoms with van der Waals surface area (Å²) >= 11 is 0. The highest BCUT2D eigenvalue weighted by Crippen LogP contribution is 2.33. The monoisotopic (exact) mass is 373 g/mol. The van der Waals surface area contributed by atoms with Crippen LogP contribution in [0.3, 0.4) is 0 Å². The van der Waals surface area contributed by atoms with Crippen LogP contribution in [0.5, 0.6) is 0 Å². The second kappa shape index (κ2) is 7.48. The van der Waals surface area contributed by atoms with Gasteiger partial charge >= 0.3 is 0 Å². The highest BCUT2D eigenvalue weighted by atomic mass is 16.2. The topological polar surface area (TPSA) is 99.2 Å². The van der Waals surface area contributed by atoms with Crippen molar-refractivity contribution < 1.29 is 9.59 Å². The van der Waals surface area contributed by atoms with E-state index in [4.69, 9.17) is 0 Å². The Morgan fingerprint density at radius 1 is 1.18 bits per heavy atom. The first kappa shape index (κ1) is 17.7. The van der Waals surface area contributed by atoms with Gasteiger partial charge in [-0.2, -0.15) is 5.10 Å². The van der Waals surface area contributed by atoms with Crippen molar-refractivity contribution >= 4 is 35.2 Å². The van der Waals surface area contributed by atoms with Gasteiger partial charge in [0.05, 0.1) is 6.20 Å². The number of aromatic amines is 1. The molecular weight excluding hydrogens is 354 g/mol. The van der Waals surface area contributed by atoms with E-state index >= 15 is 0 Å². The molecule has 0 bridgehead atoms. The fourth-order valence-electron chi connectivity index (χ4n) is 3.21. The van der Waals surface area contributed by atoms with Crippen molar-refractivity contribution in [3.8, 4) is 0 Å². The first-order valence-electron chi connectivity index (χ1n) is 8.92.